The largest absolute Gasteiger partial charge is 0.495 e. The van der Waals surface area contributed by atoms with E-state index in [0.717, 1.165) is 31.6 Å². The minimum absolute atomic E-state index is 0.0482. The number of sulfonamides is 1. The first-order valence-electron chi connectivity index (χ1n) is 8.50. The van der Waals surface area contributed by atoms with Gasteiger partial charge in [-0.3, -0.25) is 4.72 Å². The maximum Gasteiger partial charge on any atom is 0.263 e. The average Bonchev–Trinajstić information content (AvgIpc) is 2.68. The van der Waals surface area contributed by atoms with Crippen molar-refractivity contribution < 1.29 is 13.2 Å². The van der Waals surface area contributed by atoms with Gasteiger partial charge in [-0.15, -0.1) is 0 Å². The molecule has 0 bridgehead atoms. The highest BCUT2D eigenvalue weighted by molar-refractivity contribution is 7.92. The zero-order valence-electron chi connectivity index (χ0n) is 14.6. The van der Waals surface area contributed by atoms with Gasteiger partial charge in [-0.25, -0.2) is 8.42 Å². The van der Waals surface area contributed by atoms with Crippen molar-refractivity contribution >= 4 is 21.4 Å². The van der Waals surface area contributed by atoms with Gasteiger partial charge in [0.1, 0.15) is 16.7 Å². The molecule has 0 atom stereocenters. The molecule has 136 valence electrons. The molecule has 7 heteroatoms. The van der Waals surface area contributed by atoms with Crippen LogP contribution in [-0.4, -0.2) is 28.6 Å². The van der Waals surface area contributed by atoms with Crippen molar-refractivity contribution in [2.75, 3.05) is 29.8 Å². The standard InChI is InChI=1S/C19H21N3O3S/c1-25-18-10-9-16(22-11-5-2-6-12-22)13-17(18)21-26(23,24)19-8-4-3-7-15(19)14-20/h3-4,7-10,13,21H,2,5-6,11-12H2,1H3. The summed E-state index contributed by atoms with van der Waals surface area (Å²) < 4.78 is 33.5. The Hall–Kier alpha value is -2.72. The summed E-state index contributed by atoms with van der Waals surface area (Å²) in [6.07, 6.45) is 3.47. The van der Waals surface area contributed by atoms with Crippen LogP contribution in [0.3, 0.4) is 0 Å². The van der Waals surface area contributed by atoms with Crippen LogP contribution in [-0.2, 0) is 10.0 Å². The molecule has 0 spiro atoms. The minimum Gasteiger partial charge on any atom is -0.495 e. The summed E-state index contributed by atoms with van der Waals surface area (Å²) in [5.74, 6) is 0.434. The highest BCUT2D eigenvalue weighted by atomic mass is 32.2. The summed E-state index contributed by atoms with van der Waals surface area (Å²) in [6.45, 7) is 1.91. The number of anilines is 2. The molecule has 1 aliphatic rings. The fraction of sp³-hybridized carbons (Fsp3) is 0.316. The summed E-state index contributed by atoms with van der Waals surface area (Å²) in [7, 11) is -2.41. The molecule has 0 amide bonds. The average molecular weight is 371 g/mol. The monoisotopic (exact) mass is 371 g/mol. The lowest BCUT2D eigenvalue weighted by Crippen LogP contribution is -2.29. The molecule has 2 aromatic carbocycles. The van der Waals surface area contributed by atoms with Gasteiger partial charge in [0.25, 0.3) is 10.0 Å². The van der Waals surface area contributed by atoms with E-state index in [1.165, 1.54) is 25.7 Å². The van der Waals surface area contributed by atoms with E-state index in [2.05, 4.69) is 9.62 Å². The molecule has 0 radical (unpaired) electrons. The van der Waals surface area contributed by atoms with Gasteiger partial charge in [0.05, 0.1) is 18.4 Å². The summed E-state index contributed by atoms with van der Waals surface area (Å²) in [5.41, 5.74) is 1.42. The van der Waals surface area contributed by atoms with Crippen molar-refractivity contribution in [2.45, 2.75) is 24.2 Å². The summed E-state index contributed by atoms with van der Waals surface area (Å²) in [5, 5.41) is 9.19. The number of rotatable bonds is 5. The fourth-order valence-electron chi connectivity index (χ4n) is 3.12. The second-order valence-corrected chi connectivity index (χ2v) is 7.80. The first-order valence-corrected chi connectivity index (χ1v) is 9.98. The Labute approximate surface area is 154 Å². The van der Waals surface area contributed by atoms with Crippen LogP contribution in [0.2, 0.25) is 0 Å². The summed E-state index contributed by atoms with van der Waals surface area (Å²) in [6, 6.07) is 13.5. The van der Waals surface area contributed by atoms with Crippen molar-refractivity contribution in [3.05, 3.63) is 48.0 Å². The van der Waals surface area contributed by atoms with E-state index in [-0.39, 0.29) is 10.5 Å². The maximum atomic E-state index is 12.8. The highest BCUT2D eigenvalue weighted by Gasteiger charge is 2.21. The van der Waals surface area contributed by atoms with Gasteiger partial charge in [-0.05, 0) is 49.6 Å². The van der Waals surface area contributed by atoms with Crippen molar-refractivity contribution in [1.29, 1.82) is 5.26 Å². The number of nitrogens with one attached hydrogen (secondary N) is 1. The normalized spacial score (nSPS) is 14.5. The second-order valence-electron chi connectivity index (χ2n) is 6.15. The third-order valence-electron chi connectivity index (χ3n) is 4.45. The van der Waals surface area contributed by atoms with Crippen LogP contribution in [0.4, 0.5) is 11.4 Å². The molecular weight excluding hydrogens is 350 g/mol. The molecular formula is C19H21N3O3S. The number of nitriles is 1. The van der Waals surface area contributed by atoms with Crippen LogP contribution in [0.25, 0.3) is 0 Å². The van der Waals surface area contributed by atoms with Crippen LogP contribution < -0.4 is 14.4 Å². The SMILES string of the molecule is COc1ccc(N2CCCCC2)cc1NS(=O)(=O)c1ccccc1C#N. The van der Waals surface area contributed by atoms with Gasteiger partial charge < -0.3 is 9.64 Å². The number of ether oxygens (including phenoxy) is 1. The molecule has 26 heavy (non-hydrogen) atoms. The Balaban J connectivity index is 1.96. The van der Waals surface area contributed by atoms with E-state index in [1.807, 2.05) is 12.1 Å². The van der Waals surface area contributed by atoms with Crippen LogP contribution >= 0.6 is 0 Å². The number of benzene rings is 2. The van der Waals surface area contributed by atoms with Crippen molar-refractivity contribution in [3.63, 3.8) is 0 Å². The molecule has 0 saturated carbocycles. The van der Waals surface area contributed by atoms with Gasteiger partial charge in [0.2, 0.25) is 0 Å². The topological polar surface area (TPSA) is 82.4 Å². The third kappa shape index (κ3) is 3.75. The van der Waals surface area contributed by atoms with E-state index >= 15 is 0 Å². The van der Waals surface area contributed by atoms with Crippen molar-refractivity contribution in [2.24, 2.45) is 0 Å². The molecule has 6 nitrogen and oxygen atoms in total. The molecule has 1 N–H and O–H groups in total. The van der Waals surface area contributed by atoms with E-state index in [4.69, 9.17) is 4.74 Å². The Morgan fingerprint density at radius 2 is 1.85 bits per heavy atom. The zero-order chi connectivity index (χ0) is 18.6. The Morgan fingerprint density at radius 1 is 1.12 bits per heavy atom. The zero-order valence-corrected chi connectivity index (χ0v) is 15.4. The lowest BCUT2D eigenvalue weighted by atomic mass is 10.1. The molecule has 0 aromatic heterocycles. The van der Waals surface area contributed by atoms with Gasteiger partial charge in [0, 0.05) is 18.8 Å². The summed E-state index contributed by atoms with van der Waals surface area (Å²) >= 11 is 0. The molecule has 3 rings (SSSR count). The minimum atomic E-state index is -3.91. The molecule has 0 aliphatic carbocycles. The maximum absolute atomic E-state index is 12.8. The number of methoxy groups -OCH3 is 1. The quantitative estimate of drug-likeness (QED) is 0.871. The lowest BCUT2D eigenvalue weighted by molar-refractivity contribution is 0.417. The van der Waals surface area contributed by atoms with Crippen molar-refractivity contribution in [3.8, 4) is 11.8 Å². The molecule has 0 unspecified atom stereocenters. The van der Waals surface area contributed by atoms with Crippen LogP contribution in [0, 0.1) is 11.3 Å². The Morgan fingerprint density at radius 3 is 2.54 bits per heavy atom. The smallest absolute Gasteiger partial charge is 0.263 e. The van der Waals surface area contributed by atoms with Gasteiger partial charge >= 0.3 is 0 Å². The first kappa shape index (κ1) is 18.1. The number of nitrogens with zero attached hydrogens (tertiary/aromatic N) is 2. The third-order valence-corrected chi connectivity index (χ3v) is 5.87. The molecule has 1 saturated heterocycles. The van der Waals surface area contributed by atoms with Gasteiger partial charge in [0.15, 0.2) is 0 Å². The van der Waals surface area contributed by atoms with Crippen molar-refractivity contribution in [1.82, 2.24) is 0 Å². The molecule has 2 aromatic rings. The molecule has 1 aliphatic heterocycles. The van der Waals surface area contributed by atoms with E-state index < -0.39 is 10.0 Å². The first-order chi connectivity index (χ1) is 12.5. The lowest BCUT2D eigenvalue weighted by Gasteiger charge is -2.29. The highest BCUT2D eigenvalue weighted by Crippen LogP contribution is 2.33. The molecule has 1 fully saturated rings. The Kier molecular flexibility index (Phi) is 5.33. The predicted octanol–water partition coefficient (Wildman–Crippen LogP) is 3.36. The molecule has 1 heterocycles. The second kappa shape index (κ2) is 7.67. The van der Waals surface area contributed by atoms with E-state index in [9.17, 15) is 13.7 Å². The Bertz CT molecular complexity index is 929. The van der Waals surface area contributed by atoms with Gasteiger partial charge in [-0.1, -0.05) is 12.1 Å². The van der Waals surface area contributed by atoms with Crippen LogP contribution in [0.15, 0.2) is 47.4 Å². The summed E-state index contributed by atoms with van der Waals surface area (Å²) in [4.78, 5) is 2.19. The number of hydrogen-bond donors (Lipinski definition) is 1. The van der Waals surface area contributed by atoms with Crippen LogP contribution in [0.1, 0.15) is 24.8 Å². The van der Waals surface area contributed by atoms with Gasteiger partial charge in [-0.2, -0.15) is 5.26 Å². The van der Waals surface area contributed by atoms with E-state index in [1.54, 1.807) is 24.3 Å². The van der Waals surface area contributed by atoms with Crippen LogP contribution in [0.5, 0.6) is 5.75 Å². The number of hydrogen-bond acceptors (Lipinski definition) is 5. The fourth-order valence-corrected chi connectivity index (χ4v) is 4.34. The van der Waals surface area contributed by atoms with E-state index in [0.29, 0.717) is 11.4 Å². The predicted molar refractivity (Wildman–Crippen MR) is 101 cm³/mol. The number of piperidine rings is 1.